The van der Waals surface area contributed by atoms with Crippen LogP contribution in [0, 0.1) is 6.92 Å². The predicted octanol–water partition coefficient (Wildman–Crippen LogP) is 3.63. The molecule has 1 aromatic carbocycles. The van der Waals surface area contributed by atoms with Crippen LogP contribution in [-0.2, 0) is 6.42 Å². The number of imidazole rings is 1. The molecule has 1 aliphatic heterocycles. The molecule has 0 saturated carbocycles. The van der Waals surface area contributed by atoms with E-state index >= 15 is 0 Å². The number of aromatic nitrogens is 3. The zero-order valence-corrected chi connectivity index (χ0v) is 12.7. The van der Waals surface area contributed by atoms with E-state index in [0.717, 1.165) is 34.3 Å². The molecule has 21 heavy (non-hydrogen) atoms. The lowest BCUT2D eigenvalue weighted by atomic mass is 10.1. The van der Waals surface area contributed by atoms with Gasteiger partial charge in [0.15, 0.2) is 5.82 Å². The van der Waals surface area contributed by atoms with E-state index in [1.165, 1.54) is 5.56 Å². The molecule has 3 heterocycles. The lowest BCUT2D eigenvalue weighted by molar-refractivity contribution is 0.254. The highest BCUT2D eigenvalue weighted by Gasteiger charge is 2.20. The van der Waals surface area contributed by atoms with Crippen LogP contribution in [0.1, 0.15) is 18.2 Å². The Morgan fingerprint density at radius 1 is 1.33 bits per heavy atom. The summed E-state index contributed by atoms with van der Waals surface area (Å²) in [6.07, 6.45) is 5.06. The van der Waals surface area contributed by atoms with Gasteiger partial charge in [-0.15, -0.1) is 11.3 Å². The average Bonchev–Trinajstić information content (AvgIpc) is 3.15. The first kappa shape index (κ1) is 12.6. The fraction of sp³-hybridized carbons (Fsp3) is 0.250. The number of rotatable bonds is 2. The molecule has 5 heteroatoms. The maximum absolute atomic E-state index is 5.77. The summed E-state index contributed by atoms with van der Waals surface area (Å²) in [5.74, 6) is 1.95. The quantitative estimate of drug-likeness (QED) is 0.725. The molecule has 1 aliphatic rings. The van der Waals surface area contributed by atoms with Crippen molar-refractivity contribution in [1.29, 1.82) is 0 Å². The minimum absolute atomic E-state index is 0.265. The third-order valence-corrected chi connectivity index (χ3v) is 4.67. The monoisotopic (exact) mass is 297 g/mol. The van der Waals surface area contributed by atoms with Crippen molar-refractivity contribution in [2.24, 2.45) is 0 Å². The van der Waals surface area contributed by atoms with Gasteiger partial charge in [0, 0.05) is 24.5 Å². The van der Waals surface area contributed by atoms with E-state index in [-0.39, 0.29) is 6.10 Å². The number of aryl methyl sites for hydroxylation is 1. The van der Waals surface area contributed by atoms with Crippen molar-refractivity contribution in [2.75, 3.05) is 0 Å². The summed E-state index contributed by atoms with van der Waals surface area (Å²) in [5.41, 5.74) is 5.26. The van der Waals surface area contributed by atoms with Crippen LogP contribution in [0.25, 0.3) is 16.4 Å². The summed E-state index contributed by atoms with van der Waals surface area (Å²) in [4.78, 5) is 9.94. The smallest absolute Gasteiger partial charge is 0.156 e. The number of benzene rings is 1. The van der Waals surface area contributed by atoms with E-state index in [1.54, 1.807) is 11.3 Å². The Morgan fingerprint density at radius 3 is 3.05 bits per heavy atom. The van der Waals surface area contributed by atoms with Crippen LogP contribution < -0.4 is 4.74 Å². The highest BCUT2D eigenvalue weighted by molar-refractivity contribution is 7.13. The molecule has 1 atom stereocenters. The van der Waals surface area contributed by atoms with Crippen LogP contribution in [0.5, 0.6) is 5.75 Å². The van der Waals surface area contributed by atoms with Crippen LogP contribution in [0.4, 0.5) is 0 Å². The standard InChI is InChI=1S/C16H15N3OS/c1-10-7-12-8-13(3-4-14(12)20-10)19-6-5-17-16(19)15-11(2)18-9-21-15/h3-6,8-10H,7H2,1-2H3. The summed E-state index contributed by atoms with van der Waals surface area (Å²) in [7, 11) is 0. The zero-order valence-electron chi connectivity index (χ0n) is 11.9. The van der Waals surface area contributed by atoms with Crippen LogP contribution in [0.2, 0.25) is 0 Å². The Morgan fingerprint density at radius 2 is 2.24 bits per heavy atom. The van der Waals surface area contributed by atoms with Crippen molar-refractivity contribution in [3.63, 3.8) is 0 Å². The zero-order chi connectivity index (χ0) is 14.4. The number of ether oxygens (including phenoxy) is 1. The number of hydrogen-bond acceptors (Lipinski definition) is 4. The van der Waals surface area contributed by atoms with Crippen LogP contribution >= 0.6 is 11.3 Å². The van der Waals surface area contributed by atoms with Gasteiger partial charge in [-0.05, 0) is 37.6 Å². The molecule has 0 fully saturated rings. The van der Waals surface area contributed by atoms with Gasteiger partial charge in [-0.1, -0.05) is 0 Å². The fourth-order valence-corrected chi connectivity index (χ4v) is 3.55. The molecule has 4 rings (SSSR count). The number of fused-ring (bicyclic) bond motifs is 1. The lowest BCUT2D eigenvalue weighted by Gasteiger charge is -2.08. The topological polar surface area (TPSA) is 39.9 Å². The average molecular weight is 297 g/mol. The molecule has 1 unspecified atom stereocenters. The van der Waals surface area contributed by atoms with Crippen molar-refractivity contribution >= 4 is 11.3 Å². The van der Waals surface area contributed by atoms with E-state index < -0.39 is 0 Å². The van der Waals surface area contributed by atoms with Crippen molar-refractivity contribution < 1.29 is 4.74 Å². The minimum Gasteiger partial charge on any atom is -0.490 e. The minimum atomic E-state index is 0.265. The van der Waals surface area contributed by atoms with Crippen molar-refractivity contribution in [2.45, 2.75) is 26.4 Å². The third-order valence-electron chi connectivity index (χ3n) is 3.75. The first-order chi connectivity index (χ1) is 10.2. The first-order valence-electron chi connectivity index (χ1n) is 6.96. The van der Waals surface area contributed by atoms with Gasteiger partial charge in [-0.2, -0.15) is 0 Å². The van der Waals surface area contributed by atoms with E-state index in [0.29, 0.717) is 0 Å². The van der Waals surface area contributed by atoms with E-state index in [4.69, 9.17) is 4.74 Å². The van der Waals surface area contributed by atoms with Crippen molar-refractivity contribution in [3.05, 3.63) is 47.4 Å². The molecule has 0 N–H and O–H groups in total. The second-order valence-electron chi connectivity index (χ2n) is 5.31. The summed E-state index contributed by atoms with van der Waals surface area (Å²) in [6.45, 7) is 4.12. The van der Waals surface area contributed by atoms with E-state index in [9.17, 15) is 0 Å². The van der Waals surface area contributed by atoms with Gasteiger partial charge in [0.1, 0.15) is 11.9 Å². The Bertz CT molecular complexity index is 805. The van der Waals surface area contributed by atoms with Gasteiger partial charge >= 0.3 is 0 Å². The maximum Gasteiger partial charge on any atom is 0.156 e. The summed E-state index contributed by atoms with van der Waals surface area (Å²) >= 11 is 1.62. The molecular weight excluding hydrogens is 282 g/mol. The lowest BCUT2D eigenvalue weighted by Crippen LogP contribution is -2.05. The second-order valence-corrected chi connectivity index (χ2v) is 6.17. The summed E-state index contributed by atoms with van der Waals surface area (Å²) < 4.78 is 7.88. The Hall–Kier alpha value is -2.14. The van der Waals surface area contributed by atoms with Gasteiger partial charge in [0.2, 0.25) is 0 Å². The van der Waals surface area contributed by atoms with E-state index in [1.807, 2.05) is 24.8 Å². The molecule has 0 amide bonds. The third kappa shape index (κ3) is 2.05. The van der Waals surface area contributed by atoms with Crippen LogP contribution in [0.15, 0.2) is 36.1 Å². The predicted molar refractivity (Wildman–Crippen MR) is 83.2 cm³/mol. The molecule has 0 spiro atoms. The highest BCUT2D eigenvalue weighted by atomic mass is 32.1. The van der Waals surface area contributed by atoms with Gasteiger partial charge in [-0.25, -0.2) is 9.97 Å². The van der Waals surface area contributed by atoms with E-state index in [2.05, 4.69) is 39.7 Å². The molecule has 2 aromatic heterocycles. The van der Waals surface area contributed by atoms with Crippen LogP contribution in [-0.4, -0.2) is 20.6 Å². The van der Waals surface area contributed by atoms with Gasteiger partial charge in [0.25, 0.3) is 0 Å². The molecule has 0 saturated heterocycles. The van der Waals surface area contributed by atoms with Crippen LogP contribution in [0.3, 0.4) is 0 Å². The molecule has 106 valence electrons. The number of nitrogens with zero attached hydrogens (tertiary/aromatic N) is 3. The molecule has 3 aromatic rings. The Kier molecular flexibility index (Phi) is 2.82. The van der Waals surface area contributed by atoms with Crippen molar-refractivity contribution in [1.82, 2.24) is 14.5 Å². The molecule has 0 bridgehead atoms. The SMILES string of the molecule is Cc1ncsc1-c1nccn1-c1ccc2c(c1)CC(C)O2. The van der Waals surface area contributed by atoms with Gasteiger partial charge in [-0.3, -0.25) is 4.57 Å². The Labute approximate surface area is 127 Å². The van der Waals surface area contributed by atoms with Gasteiger partial charge < -0.3 is 4.74 Å². The van der Waals surface area contributed by atoms with Crippen molar-refractivity contribution in [3.8, 4) is 22.1 Å². The van der Waals surface area contributed by atoms with Gasteiger partial charge in [0.05, 0.1) is 16.1 Å². The maximum atomic E-state index is 5.77. The molecule has 0 radical (unpaired) electrons. The number of thiazole rings is 1. The highest BCUT2D eigenvalue weighted by Crippen LogP contribution is 2.33. The fourth-order valence-electron chi connectivity index (χ4n) is 2.75. The summed E-state index contributed by atoms with van der Waals surface area (Å²) in [5, 5.41) is 0. The normalized spacial score (nSPS) is 16.8. The molecular formula is C16H15N3OS. The molecule has 0 aliphatic carbocycles. The second kappa shape index (κ2) is 4.70. The number of hydrogen-bond donors (Lipinski definition) is 0. The first-order valence-corrected chi connectivity index (χ1v) is 7.84. The Balaban J connectivity index is 1.81. The largest absolute Gasteiger partial charge is 0.490 e. The summed E-state index contributed by atoms with van der Waals surface area (Å²) in [6, 6.07) is 6.33. The molecule has 4 nitrogen and oxygen atoms in total.